The van der Waals surface area contributed by atoms with Crippen LogP contribution in [0.2, 0.25) is 0 Å². The lowest BCUT2D eigenvalue weighted by atomic mass is 9.80. The van der Waals surface area contributed by atoms with Crippen LogP contribution in [0.25, 0.3) is 0 Å². The van der Waals surface area contributed by atoms with Crippen LogP contribution in [-0.4, -0.2) is 35.1 Å². The first-order valence-corrected chi connectivity index (χ1v) is 29.5. The molecule has 3 atom stereocenters. The molecule has 6 rings (SSSR count). The Bertz CT molecular complexity index is 2630. The van der Waals surface area contributed by atoms with Gasteiger partial charge in [0, 0.05) is 47.6 Å². The largest absolute Gasteiger partial charge is 0.530 e. The van der Waals surface area contributed by atoms with E-state index in [1.165, 1.54) is 0 Å². The SMILES string of the molecule is CCC(C)(CO)c1ccc(Cc2ccc(OP(Oc3ccc(Cc4ccc(C(C)(CC)CO)cc4S)cc3C(C)(C)C)Oc3ccc(Cc4ccc(C(C)(CC)CO)cc4S)cc3C(C)(C)C)c(C(C)(C)C)c2)c(S)c1. The average molecular weight is 1100 g/mol. The molecule has 0 aliphatic carbocycles. The van der Waals surface area contributed by atoms with Crippen molar-refractivity contribution in [2.24, 2.45) is 0 Å². The highest BCUT2D eigenvalue weighted by molar-refractivity contribution is 7.80. The molecule has 0 radical (unpaired) electrons. The lowest BCUT2D eigenvalue weighted by Gasteiger charge is -2.29. The van der Waals surface area contributed by atoms with Gasteiger partial charge >= 0.3 is 8.60 Å². The Balaban J connectivity index is 1.41. The highest BCUT2D eigenvalue weighted by Gasteiger charge is 2.33. The predicted molar refractivity (Wildman–Crippen MR) is 328 cm³/mol. The molecule has 3 N–H and O–H groups in total. The third kappa shape index (κ3) is 14.5. The topological polar surface area (TPSA) is 88.4 Å². The molecule has 6 aromatic carbocycles. The molecule has 6 nitrogen and oxygen atoms in total. The van der Waals surface area contributed by atoms with Crippen molar-refractivity contribution in [3.8, 4) is 17.2 Å². The Morgan fingerprint density at radius 2 is 0.618 bits per heavy atom. The maximum absolute atomic E-state index is 10.2. The van der Waals surface area contributed by atoms with Gasteiger partial charge in [-0.25, -0.2) is 0 Å². The Hall–Kier alpha value is -3.92. The third-order valence-corrected chi connectivity index (χ3v) is 18.3. The van der Waals surface area contributed by atoms with Gasteiger partial charge in [0.1, 0.15) is 17.2 Å². The predicted octanol–water partition coefficient (Wildman–Crippen LogP) is 17.0. The van der Waals surface area contributed by atoms with Gasteiger partial charge in [-0.1, -0.05) is 177 Å². The Morgan fingerprint density at radius 3 is 0.816 bits per heavy atom. The van der Waals surface area contributed by atoms with Crippen molar-refractivity contribution in [3.63, 3.8) is 0 Å². The number of hydrogen-bond donors (Lipinski definition) is 6. The Morgan fingerprint density at radius 1 is 0.368 bits per heavy atom. The van der Waals surface area contributed by atoms with E-state index in [0.717, 1.165) is 101 Å². The monoisotopic (exact) mass is 1100 g/mol. The molecule has 3 unspecified atom stereocenters. The van der Waals surface area contributed by atoms with E-state index in [-0.39, 0.29) is 52.3 Å². The van der Waals surface area contributed by atoms with Crippen molar-refractivity contribution in [1.82, 2.24) is 0 Å². The summed E-state index contributed by atoms with van der Waals surface area (Å²) in [4.78, 5) is 2.70. The highest BCUT2D eigenvalue weighted by atomic mass is 32.1. The summed E-state index contributed by atoms with van der Waals surface area (Å²) < 4.78 is 21.4. The molecular weight excluding hydrogens is 1020 g/mol. The highest BCUT2D eigenvalue weighted by Crippen LogP contribution is 2.50. The Labute approximate surface area is 475 Å². The van der Waals surface area contributed by atoms with Gasteiger partial charge < -0.3 is 28.9 Å². The molecule has 10 heteroatoms. The van der Waals surface area contributed by atoms with Crippen molar-refractivity contribution < 1.29 is 28.9 Å². The van der Waals surface area contributed by atoms with Crippen molar-refractivity contribution in [2.45, 2.75) is 190 Å². The molecule has 0 heterocycles. The van der Waals surface area contributed by atoms with Crippen molar-refractivity contribution in [3.05, 3.63) is 176 Å². The van der Waals surface area contributed by atoms with E-state index in [2.05, 4.69) is 213 Å². The minimum absolute atomic E-state index is 0.0740. The van der Waals surface area contributed by atoms with Gasteiger partial charge in [0.15, 0.2) is 0 Å². The third-order valence-electron chi connectivity index (χ3n) is 16.0. The van der Waals surface area contributed by atoms with Crippen LogP contribution in [0.1, 0.15) is 190 Å². The van der Waals surface area contributed by atoms with Gasteiger partial charge in [0.2, 0.25) is 0 Å². The second-order valence-corrected chi connectivity index (χ2v) is 27.5. The van der Waals surface area contributed by atoms with E-state index in [0.29, 0.717) is 36.5 Å². The maximum Gasteiger partial charge on any atom is 0.530 e. The van der Waals surface area contributed by atoms with E-state index in [4.69, 9.17) is 51.5 Å². The molecule has 0 bridgehead atoms. The molecule has 0 saturated heterocycles. The molecular formula is C66H87O6PS3. The average Bonchev–Trinajstić information content (AvgIpc) is 3.37. The molecule has 0 aliphatic rings. The van der Waals surface area contributed by atoms with E-state index in [1.807, 2.05) is 0 Å². The first-order chi connectivity index (χ1) is 35.5. The minimum atomic E-state index is -2.12. The first-order valence-electron chi connectivity index (χ1n) is 27.1. The zero-order chi connectivity index (χ0) is 56.2. The minimum Gasteiger partial charge on any atom is -0.408 e. The van der Waals surface area contributed by atoms with E-state index in [1.54, 1.807) is 0 Å². The number of rotatable bonds is 21. The van der Waals surface area contributed by atoms with Crippen LogP contribution in [0.4, 0.5) is 0 Å². The summed E-state index contributed by atoms with van der Waals surface area (Å²) in [6.45, 7) is 32.6. The summed E-state index contributed by atoms with van der Waals surface area (Å²) in [6.07, 6.45) is 4.50. The van der Waals surface area contributed by atoms with Crippen LogP contribution in [0.5, 0.6) is 17.2 Å². The number of benzene rings is 6. The van der Waals surface area contributed by atoms with Gasteiger partial charge in [-0.15, -0.1) is 37.9 Å². The smallest absolute Gasteiger partial charge is 0.408 e. The fourth-order valence-corrected chi connectivity index (χ4v) is 11.5. The van der Waals surface area contributed by atoms with Crippen molar-refractivity contribution in [1.29, 1.82) is 0 Å². The molecule has 0 aromatic heterocycles. The molecule has 0 amide bonds. The summed E-state index contributed by atoms with van der Waals surface area (Å²) in [7, 11) is -2.12. The van der Waals surface area contributed by atoms with Crippen molar-refractivity contribution in [2.75, 3.05) is 19.8 Å². The quantitative estimate of drug-likeness (QED) is 0.0318. The van der Waals surface area contributed by atoms with Gasteiger partial charge in [-0.2, -0.15) is 0 Å². The lowest BCUT2D eigenvalue weighted by Crippen LogP contribution is -2.25. The summed E-state index contributed by atoms with van der Waals surface area (Å²) in [5.74, 6) is 2.05. The fraction of sp³-hybridized carbons (Fsp3) is 0.455. The molecule has 0 fully saturated rings. The van der Waals surface area contributed by atoms with Crippen molar-refractivity contribution >= 4 is 46.5 Å². The first kappa shape index (κ1) is 61.3. The van der Waals surface area contributed by atoms with Gasteiger partial charge in [-0.05, 0) is 141 Å². The molecule has 410 valence electrons. The second kappa shape index (κ2) is 24.6. The molecule has 6 aromatic rings. The second-order valence-electron chi connectivity index (χ2n) is 25.0. The number of hydrogen-bond acceptors (Lipinski definition) is 9. The number of thiol groups is 3. The van der Waals surface area contributed by atoms with Gasteiger partial charge in [-0.3, -0.25) is 0 Å². The van der Waals surface area contributed by atoms with Crippen LogP contribution >= 0.6 is 46.5 Å². The summed E-state index contributed by atoms with van der Waals surface area (Å²) >= 11 is 14.9. The van der Waals surface area contributed by atoms with Crippen LogP contribution in [-0.2, 0) is 51.8 Å². The number of aliphatic hydroxyl groups excluding tert-OH is 3. The fourth-order valence-electron chi connectivity index (χ4n) is 9.50. The Kier molecular flexibility index (Phi) is 19.9. The van der Waals surface area contributed by atoms with E-state index < -0.39 is 8.60 Å². The summed E-state index contributed by atoms with van der Waals surface area (Å²) in [5, 5.41) is 30.7. The molecule has 0 saturated carbocycles. The van der Waals surface area contributed by atoms with E-state index in [9.17, 15) is 15.3 Å². The van der Waals surface area contributed by atoms with Crippen LogP contribution in [0.3, 0.4) is 0 Å². The van der Waals surface area contributed by atoms with Crippen LogP contribution in [0.15, 0.2) is 124 Å². The molecule has 0 aliphatic heterocycles. The maximum atomic E-state index is 10.2. The molecule has 0 spiro atoms. The zero-order valence-corrected chi connectivity index (χ0v) is 51.7. The standard InChI is InChI=1S/C66H87O6PS3/c1-16-64(13,40-67)49-25-22-46(58(74)37-49)31-43-19-28-55(52(34-43)61(4,5)6)70-73(71-56-29-20-44(35-53(56)62(7,8)9)32-47-23-26-50(38-59(47)75)65(14,17-2)41-68)72-57-30-21-45(36-54(57)63(10,11)12)33-48-24-27-51(39-60(48)76)66(15,18-3)42-69/h19-30,34-39,67-69,74-76H,16-18,31-33,40-42H2,1-15H3. The van der Waals surface area contributed by atoms with Crippen LogP contribution in [0, 0.1) is 0 Å². The molecule has 76 heavy (non-hydrogen) atoms. The van der Waals surface area contributed by atoms with Gasteiger partial charge in [0.25, 0.3) is 0 Å². The summed E-state index contributed by atoms with van der Waals surface area (Å²) in [5.41, 5.74) is 11.1. The number of aliphatic hydroxyl groups is 3. The van der Waals surface area contributed by atoms with Crippen LogP contribution < -0.4 is 13.6 Å². The normalized spacial score (nSPS) is 15.1. The lowest BCUT2D eigenvalue weighted by molar-refractivity contribution is 0.201. The zero-order valence-electron chi connectivity index (χ0n) is 48.1. The summed E-state index contributed by atoms with van der Waals surface area (Å²) in [6, 6.07) is 38.4. The van der Waals surface area contributed by atoms with E-state index >= 15 is 0 Å². The van der Waals surface area contributed by atoms with Gasteiger partial charge in [0.05, 0.1) is 19.8 Å².